The molecule has 1 amide bonds. The predicted octanol–water partition coefficient (Wildman–Crippen LogP) is 3.63. The second-order valence-electron chi connectivity index (χ2n) is 6.14. The van der Waals surface area contributed by atoms with Gasteiger partial charge < -0.3 is 19.5 Å². The van der Waals surface area contributed by atoms with Gasteiger partial charge in [-0.05, 0) is 50.2 Å². The molecule has 0 aromatic heterocycles. The van der Waals surface area contributed by atoms with E-state index in [0.29, 0.717) is 35.8 Å². The highest BCUT2D eigenvalue weighted by molar-refractivity contribution is 5.96. The van der Waals surface area contributed by atoms with E-state index in [9.17, 15) is 14.4 Å². The van der Waals surface area contributed by atoms with Crippen molar-refractivity contribution in [1.82, 2.24) is 0 Å². The van der Waals surface area contributed by atoms with Crippen LogP contribution in [0.4, 0.5) is 5.69 Å². The van der Waals surface area contributed by atoms with Gasteiger partial charge in [-0.3, -0.25) is 9.59 Å². The third-order valence-electron chi connectivity index (χ3n) is 3.98. The van der Waals surface area contributed by atoms with Crippen LogP contribution in [0.2, 0.25) is 0 Å². The molecule has 29 heavy (non-hydrogen) atoms. The van der Waals surface area contributed by atoms with E-state index in [1.165, 1.54) is 6.92 Å². The molecule has 0 radical (unpaired) electrons. The number of benzene rings is 2. The van der Waals surface area contributed by atoms with Crippen molar-refractivity contribution in [3.05, 3.63) is 54.1 Å². The van der Waals surface area contributed by atoms with Gasteiger partial charge in [-0.15, -0.1) is 0 Å². The number of ether oxygens (including phenoxy) is 3. The SMILES string of the molecule is CCOc1ccccc1NC(=O)C(C)OC(=O)COc1ccc(C(=O)CC)cc1. The molecule has 0 aliphatic heterocycles. The van der Waals surface area contributed by atoms with Gasteiger partial charge in [0.25, 0.3) is 5.91 Å². The first-order chi connectivity index (χ1) is 13.9. The van der Waals surface area contributed by atoms with Gasteiger partial charge in [0.1, 0.15) is 11.5 Å². The molecule has 154 valence electrons. The highest BCUT2D eigenvalue weighted by atomic mass is 16.6. The van der Waals surface area contributed by atoms with Crippen molar-refractivity contribution < 1.29 is 28.6 Å². The minimum absolute atomic E-state index is 0.0294. The first-order valence-electron chi connectivity index (χ1n) is 9.42. The fourth-order valence-electron chi connectivity index (χ4n) is 2.45. The summed E-state index contributed by atoms with van der Waals surface area (Å²) < 4.78 is 15.9. The lowest BCUT2D eigenvalue weighted by atomic mass is 10.1. The van der Waals surface area contributed by atoms with E-state index in [2.05, 4.69) is 5.32 Å². The highest BCUT2D eigenvalue weighted by Gasteiger charge is 2.19. The van der Waals surface area contributed by atoms with Crippen molar-refractivity contribution in [2.45, 2.75) is 33.3 Å². The van der Waals surface area contributed by atoms with Crippen LogP contribution in [0.25, 0.3) is 0 Å². The summed E-state index contributed by atoms with van der Waals surface area (Å²) in [7, 11) is 0. The first kappa shape index (κ1) is 21.9. The van der Waals surface area contributed by atoms with E-state index in [1.54, 1.807) is 55.5 Å². The lowest BCUT2D eigenvalue weighted by molar-refractivity contribution is -0.155. The maximum Gasteiger partial charge on any atom is 0.344 e. The molecule has 0 bridgehead atoms. The van der Waals surface area contributed by atoms with Crippen LogP contribution in [0, 0.1) is 0 Å². The zero-order valence-corrected chi connectivity index (χ0v) is 16.8. The molecule has 0 spiro atoms. The lowest BCUT2D eigenvalue weighted by Gasteiger charge is -2.16. The summed E-state index contributed by atoms with van der Waals surface area (Å²) in [6, 6.07) is 13.5. The van der Waals surface area contributed by atoms with Crippen molar-refractivity contribution >= 4 is 23.3 Å². The molecule has 1 atom stereocenters. The van der Waals surface area contributed by atoms with Crippen molar-refractivity contribution in [2.24, 2.45) is 0 Å². The Kier molecular flexibility index (Phi) is 8.21. The van der Waals surface area contributed by atoms with Gasteiger partial charge in [-0.25, -0.2) is 4.79 Å². The molecule has 0 fully saturated rings. The van der Waals surface area contributed by atoms with E-state index in [0.717, 1.165) is 0 Å². The number of esters is 1. The molecule has 0 saturated heterocycles. The molecule has 0 aliphatic carbocycles. The van der Waals surface area contributed by atoms with Crippen LogP contribution in [-0.4, -0.2) is 37.0 Å². The topological polar surface area (TPSA) is 90.9 Å². The van der Waals surface area contributed by atoms with Crippen molar-refractivity contribution in [1.29, 1.82) is 0 Å². The number of Topliss-reactive ketones (excluding diaryl/α,β-unsaturated/α-hetero) is 1. The zero-order valence-electron chi connectivity index (χ0n) is 16.8. The van der Waals surface area contributed by atoms with E-state index >= 15 is 0 Å². The highest BCUT2D eigenvalue weighted by Crippen LogP contribution is 2.24. The summed E-state index contributed by atoms with van der Waals surface area (Å²) in [5.74, 6) is -0.165. The van der Waals surface area contributed by atoms with Gasteiger partial charge >= 0.3 is 5.97 Å². The zero-order chi connectivity index (χ0) is 21.2. The second-order valence-corrected chi connectivity index (χ2v) is 6.14. The Labute approximate surface area is 170 Å². The van der Waals surface area contributed by atoms with Crippen LogP contribution in [0.3, 0.4) is 0 Å². The summed E-state index contributed by atoms with van der Waals surface area (Å²) >= 11 is 0. The standard InChI is InChI=1S/C22H25NO6/c1-4-19(24)16-10-12-17(13-11-16)28-14-21(25)29-15(3)22(26)23-18-8-6-7-9-20(18)27-5-2/h6-13,15H,4-5,14H2,1-3H3,(H,23,26). The minimum Gasteiger partial charge on any atom is -0.492 e. The summed E-state index contributed by atoms with van der Waals surface area (Å²) in [5, 5.41) is 2.68. The molecule has 0 aliphatic rings. The molecular weight excluding hydrogens is 374 g/mol. The number of para-hydroxylation sites is 2. The van der Waals surface area contributed by atoms with Gasteiger partial charge in [0, 0.05) is 12.0 Å². The van der Waals surface area contributed by atoms with Crippen LogP contribution in [0.5, 0.6) is 11.5 Å². The van der Waals surface area contributed by atoms with Crippen LogP contribution in [0.1, 0.15) is 37.6 Å². The predicted molar refractivity (Wildman–Crippen MR) is 108 cm³/mol. The average molecular weight is 399 g/mol. The van der Waals surface area contributed by atoms with Crippen molar-refractivity contribution in [3.8, 4) is 11.5 Å². The third kappa shape index (κ3) is 6.64. The number of anilines is 1. The Hall–Kier alpha value is -3.35. The van der Waals surface area contributed by atoms with E-state index in [-0.39, 0.29) is 12.4 Å². The summed E-state index contributed by atoms with van der Waals surface area (Å²) in [5.41, 5.74) is 1.08. The normalized spacial score (nSPS) is 11.3. The Morgan fingerprint density at radius 1 is 0.966 bits per heavy atom. The number of hydrogen-bond donors (Lipinski definition) is 1. The molecule has 1 unspecified atom stereocenters. The van der Waals surface area contributed by atoms with Crippen molar-refractivity contribution in [2.75, 3.05) is 18.5 Å². The fourth-order valence-corrected chi connectivity index (χ4v) is 2.45. The molecule has 0 heterocycles. The van der Waals surface area contributed by atoms with Crippen LogP contribution in [0.15, 0.2) is 48.5 Å². The van der Waals surface area contributed by atoms with E-state index in [4.69, 9.17) is 14.2 Å². The summed E-state index contributed by atoms with van der Waals surface area (Å²) in [6.45, 7) is 5.21. The number of hydrogen-bond acceptors (Lipinski definition) is 6. The molecule has 1 N–H and O–H groups in total. The summed E-state index contributed by atoms with van der Waals surface area (Å²) in [4.78, 5) is 35.9. The van der Waals surface area contributed by atoms with Gasteiger partial charge in [0.05, 0.1) is 12.3 Å². The molecule has 7 nitrogen and oxygen atoms in total. The number of rotatable bonds is 10. The van der Waals surface area contributed by atoms with Gasteiger partial charge in [-0.2, -0.15) is 0 Å². The van der Waals surface area contributed by atoms with Gasteiger partial charge in [0.15, 0.2) is 18.5 Å². The smallest absolute Gasteiger partial charge is 0.344 e. The monoisotopic (exact) mass is 399 g/mol. The average Bonchev–Trinajstić information content (AvgIpc) is 2.73. The Bertz CT molecular complexity index is 847. The molecule has 7 heteroatoms. The van der Waals surface area contributed by atoms with Crippen molar-refractivity contribution in [3.63, 3.8) is 0 Å². The third-order valence-corrected chi connectivity index (χ3v) is 3.98. The number of carbonyl (C=O) groups excluding carboxylic acids is 3. The number of amides is 1. The first-order valence-corrected chi connectivity index (χ1v) is 9.42. The van der Waals surface area contributed by atoms with Gasteiger partial charge in [0.2, 0.25) is 0 Å². The number of nitrogens with one attached hydrogen (secondary N) is 1. The van der Waals surface area contributed by atoms with Gasteiger partial charge in [-0.1, -0.05) is 19.1 Å². The molecule has 0 saturated carbocycles. The molecular formula is C22H25NO6. The van der Waals surface area contributed by atoms with Crippen LogP contribution >= 0.6 is 0 Å². The Balaban J connectivity index is 1.84. The molecule has 2 rings (SSSR count). The van der Waals surface area contributed by atoms with Crippen LogP contribution < -0.4 is 14.8 Å². The Morgan fingerprint density at radius 2 is 1.66 bits per heavy atom. The maximum atomic E-state index is 12.3. The minimum atomic E-state index is -1.01. The quantitative estimate of drug-likeness (QED) is 0.485. The lowest BCUT2D eigenvalue weighted by Crippen LogP contribution is -2.31. The maximum absolute atomic E-state index is 12.3. The number of ketones is 1. The van der Waals surface area contributed by atoms with E-state index < -0.39 is 18.0 Å². The Morgan fingerprint density at radius 3 is 2.31 bits per heavy atom. The fraction of sp³-hybridized carbons (Fsp3) is 0.318. The second kappa shape index (κ2) is 10.8. The summed E-state index contributed by atoms with van der Waals surface area (Å²) in [6.07, 6.45) is -0.591. The molecule has 2 aromatic carbocycles. The van der Waals surface area contributed by atoms with Crippen LogP contribution in [-0.2, 0) is 14.3 Å². The largest absolute Gasteiger partial charge is 0.492 e. The number of carbonyl (C=O) groups is 3. The van der Waals surface area contributed by atoms with E-state index in [1.807, 2.05) is 6.92 Å². The molecule has 2 aromatic rings.